The molecule has 1 aliphatic carbocycles. The molecule has 0 aliphatic heterocycles. The lowest BCUT2D eigenvalue weighted by atomic mass is 9.89. The molecule has 0 atom stereocenters. The number of nitrogens with zero attached hydrogens (tertiary/aromatic N) is 1. The number of nitrogens with one attached hydrogen (secondary N) is 1. The third-order valence-corrected chi connectivity index (χ3v) is 4.76. The minimum Gasteiger partial charge on any atom is -0.497 e. The number of benzene rings is 2. The lowest BCUT2D eigenvalue weighted by Gasteiger charge is -2.19. The van der Waals surface area contributed by atoms with Crippen LogP contribution in [0.5, 0.6) is 11.5 Å². The molecule has 6 heteroatoms. The Bertz CT molecular complexity index is 840. The Morgan fingerprint density at radius 2 is 1.79 bits per heavy atom. The molecule has 0 radical (unpaired) electrons. The molecule has 1 fully saturated rings. The van der Waals surface area contributed by atoms with Crippen molar-refractivity contribution in [1.82, 2.24) is 5.43 Å². The van der Waals surface area contributed by atoms with Crippen molar-refractivity contribution < 1.29 is 19.1 Å². The quantitative estimate of drug-likeness (QED) is 0.356. The lowest BCUT2D eigenvalue weighted by molar-refractivity contribution is -0.125. The zero-order valence-corrected chi connectivity index (χ0v) is 15.9. The van der Waals surface area contributed by atoms with Crippen LogP contribution in [0, 0.1) is 5.92 Å². The number of ether oxygens (including phenoxy) is 2. The molecule has 1 amide bonds. The van der Waals surface area contributed by atoms with E-state index in [0.717, 1.165) is 31.2 Å². The number of hydrazone groups is 1. The highest BCUT2D eigenvalue weighted by Crippen LogP contribution is 2.23. The van der Waals surface area contributed by atoms with Crippen LogP contribution in [0.4, 0.5) is 0 Å². The van der Waals surface area contributed by atoms with Gasteiger partial charge in [0, 0.05) is 5.92 Å². The standard InChI is InChI=1S/C22H24N2O4/c1-27-19-12-10-18(11-13-19)22(26)28-20-9-5-6-16(14-20)15-23-24-21(25)17-7-3-2-4-8-17/h5-6,9-15,17H,2-4,7-8H2,1H3,(H,24,25)/b23-15-. The first-order chi connectivity index (χ1) is 13.7. The molecule has 0 aromatic heterocycles. The second-order valence-corrected chi connectivity index (χ2v) is 6.76. The number of hydrogen-bond acceptors (Lipinski definition) is 5. The van der Waals surface area contributed by atoms with Gasteiger partial charge in [0.2, 0.25) is 5.91 Å². The van der Waals surface area contributed by atoms with E-state index in [4.69, 9.17) is 9.47 Å². The molecule has 6 nitrogen and oxygen atoms in total. The number of hydrogen-bond donors (Lipinski definition) is 1. The van der Waals surface area contributed by atoms with Crippen molar-refractivity contribution in [3.63, 3.8) is 0 Å². The molecular weight excluding hydrogens is 356 g/mol. The number of carbonyl (C=O) groups excluding carboxylic acids is 2. The third-order valence-electron chi connectivity index (χ3n) is 4.76. The van der Waals surface area contributed by atoms with E-state index in [1.54, 1.807) is 55.8 Å². The molecule has 1 aliphatic rings. The van der Waals surface area contributed by atoms with Crippen LogP contribution < -0.4 is 14.9 Å². The van der Waals surface area contributed by atoms with Gasteiger partial charge in [-0.1, -0.05) is 31.4 Å². The van der Waals surface area contributed by atoms with Gasteiger partial charge in [-0.2, -0.15) is 5.10 Å². The van der Waals surface area contributed by atoms with Gasteiger partial charge in [-0.3, -0.25) is 4.79 Å². The maximum absolute atomic E-state index is 12.2. The lowest BCUT2D eigenvalue weighted by Crippen LogP contribution is -2.28. The number of rotatable bonds is 6. The van der Waals surface area contributed by atoms with Gasteiger partial charge in [0.15, 0.2) is 0 Å². The SMILES string of the molecule is COc1ccc(C(=O)Oc2cccc(/C=N\NC(=O)C3CCCCC3)c2)cc1. The first-order valence-electron chi connectivity index (χ1n) is 9.45. The number of esters is 1. The van der Waals surface area contributed by atoms with Crippen LogP contribution in [0.2, 0.25) is 0 Å². The first-order valence-corrected chi connectivity index (χ1v) is 9.45. The smallest absolute Gasteiger partial charge is 0.343 e. The van der Waals surface area contributed by atoms with Gasteiger partial charge in [0.05, 0.1) is 18.9 Å². The highest BCUT2D eigenvalue weighted by molar-refractivity contribution is 5.91. The summed E-state index contributed by atoms with van der Waals surface area (Å²) in [6.45, 7) is 0. The summed E-state index contributed by atoms with van der Waals surface area (Å²) in [5.41, 5.74) is 3.76. The molecule has 1 N–H and O–H groups in total. The van der Waals surface area contributed by atoms with Crippen molar-refractivity contribution in [3.8, 4) is 11.5 Å². The highest BCUT2D eigenvalue weighted by atomic mass is 16.5. The fourth-order valence-electron chi connectivity index (χ4n) is 3.18. The van der Waals surface area contributed by atoms with Crippen LogP contribution in [0.1, 0.15) is 48.0 Å². The van der Waals surface area contributed by atoms with Crippen LogP contribution in [-0.4, -0.2) is 25.2 Å². The summed E-state index contributed by atoms with van der Waals surface area (Å²) in [6.07, 6.45) is 6.81. The van der Waals surface area contributed by atoms with Gasteiger partial charge in [-0.25, -0.2) is 10.2 Å². The summed E-state index contributed by atoms with van der Waals surface area (Å²) < 4.78 is 10.5. The molecule has 3 rings (SSSR count). The van der Waals surface area contributed by atoms with Crippen LogP contribution in [0.15, 0.2) is 53.6 Å². The second kappa shape index (κ2) is 9.69. The Labute approximate surface area is 164 Å². The van der Waals surface area contributed by atoms with E-state index in [0.29, 0.717) is 17.1 Å². The van der Waals surface area contributed by atoms with E-state index in [9.17, 15) is 9.59 Å². The summed E-state index contributed by atoms with van der Waals surface area (Å²) in [6, 6.07) is 13.7. The summed E-state index contributed by atoms with van der Waals surface area (Å²) in [5.74, 6) is 0.650. The van der Waals surface area contributed by atoms with E-state index >= 15 is 0 Å². The summed E-state index contributed by atoms with van der Waals surface area (Å²) in [5, 5.41) is 4.04. The Morgan fingerprint density at radius 1 is 1.04 bits per heavy atom. The molecule has 0 bridgehead atoms. The van der Waals surface area contributed by atoms with Crippen molar-refractivity contribution in [2.45, 2.75) is 32.1 Å². The van der Waals surface area contributed by atoms with Gasteiger partial charge in [0.25, 0.3) is 0 Å². The molecule has 2 aromatic rings. The minimum absolute atomic E-state index is 0.0296. The van der Waals surface area contributed by atoms with Gasteiger partial charge < -0.3 is 9.47 Å². The zero-order valence-electron chi connectivity index (χ0n) is 15.9. The fraction of sp³-hybridized carbons (Fsp3) is 0.318. The molecule has 0 unspecified atom stereocenters. The molecule has 0 spiro atoms. The van der Waals surface area contributed by atoms with Crippen LogP contribution in [0.25, 0.3) is 0 Å². The van der Waals surface area contributed by atoms with Crippen molar-refractivity contribution in [2.75, 3.05) is 7.11 Å². The molecule has 146 valence electrons. The van der Waals surface area contributed by atoms with Crippen molar-refractivity contribution in [3.05, 3.63) is 59.7 Å². The maximum atomic E-state index is 12.2. The number of carbonyl (C=O) groups is 2. The first kappa shape index (κ1) is 19.6. The van der Waals surface area contributed by atoms with Gasteiger partial charge in [-0.05, 0) is 54.8 Å². The van der Waals surface area contributed by atoms with Gasteiger partial charge in [0.1, 0.15) is 11.5 Å². The molecule has 2 aromatic carbocycles. The molecule has 28 heavy (non-hydrogen) atoms. The summed E-state index contributed by atoms with van der Waals surface area (Å²) >= 11 is 0. The molecule has 0 saturated heterocycles. The van der Waals surface area contributed by atoms with Crippen molar-refractivity contribution in [1.29, 1.82) is 0 Å². The van der Waals surface area contributed by atoms with E-state index in [2.05, 4.69) is 10.5 Å². The van der Waals surface area contributed by atoms with Gasteiger partial charge >= 0.3 is 5.97 Å². The third kappa shape index (κ3) is 5.42. The zero-order chi connectivity index (χ0) is 19.8. The molecule has 1 saturated carbocycles. The summed E-state index contributed by atoms with van der Waals surface area (Å²) in [4.78, 5) is 24.3. The Balaban J connectivity index is 1.56. The van der Waals surface area contributed by atoms with Gasteiger partial charge in [-0.15, -0.1) is 0 Å². The fourth-order valence-corrected chi connectivity index (χ4v) is 3.18. The maximum Gasteiger partial charge on any atom is 0.343 e. The topological polar surface area (TPSA) is 77.0 Å². The Hall–Kier alpha value is -3.15. The van der Waals surface area contributed by atoms with Crippen LogP contribution in [-0.2, 0) is 4.79 Å². The average molecular weight is 380 g/mol. The predicted octanol–water partition coefficient (Wildman–Crippen LogP) is 3.94. The Morgan fingerprint density at radius 3 is 2.50 bits per heavy atom. The monoisotopic (exact) mass is 380 g/mol. The number of amides is 1. The summed E-state index contributed by atoms with van der Waals surface area (Å²) in [7, 11) is 1.57. The highest BCUT2D eigenvalue weighted by Gasteiger charge is 2.20. The van der Waals surface area contributed by atoms with E-state index in [-0.39, 0.29) is 11.8 Å². The second-order valence-electron chi connectivity index (χ2n) is 6.76. The van der Waals surface area contributed by atoms with Crippen LogP contribution in [0.3, 0.4) is 0 Å². The minimum atomic E-state index is -0.456. The van der Waals surface area contributed by atoms with E-state index in [1.807, 2.05) is 6.07 Å². The predicted molar refractivity (Wildman–Crippen MR) is 107 cm³/mol. The van der Waals surface area contributed by atoms with Crippen LogP contribution >= 0.6 is 0 Å². The van der Waals surface area contributed by atoms with E-state index < -0.39 is 5.97 Å². The normalized spacial score (nSPS) is 14.6. The number of methoxy groups -OCH3 is 1. The average Bonchev–Trinajstić information content (AvgIpc) is 2.74. The molecule has 0 heterocycles. The van der Waals surface area contributed by atoms with Crippen molar-refractivity contribution in [2.24, 2.45) is 11.0 Å². The van der Waals surface area contributed by atoms with Crippen molar-refractivity contribution >= 4 is 18.1 Å². The Kier molecular flexibility index (Phi) is 6.78. The largest absolute Gasteiger partial charge is 0.497 e. The molecular formula is C22H24N2O4. The van der Waals surface area contributed by atoms with E-state index in [1.165, 1.54) is 6.42 Å².